The highest BCUT2D eigenvalue weighted by molar-refractivity contribution is 5.96. The molecule has 172 valence electrons. The first-order valence-electron chi connectivity index (χ1n) is 12.7. The Morgan fingerprint density at radius 2 is 1.10 bits per heavy atom. The van der Waals surface area contributed by atoms with Crippen LogP contribution in [0.4, 0.5) is 5.69 Å². The Bertz CT molecular complexity index is 550. The van der Waals surface area contributed by atoms with Crippen molar-refractivity contribution in [2.45, 2.75) is 110 Å². The summed E-state index contributed by atoms with van der Waals surface area (Å²) < 4.78 is 0.632. The van der Waals surface area contributed by atoms with Crippen molar-refractivity contribution in [3.8, 4) is 0 Å². The molecule has 0 amide bonds. The molecule has 1 aromatic rings. The fraction of sp³-hybridized carbons (Fsp3) is 0.741. The third-order valence-corrected chi connectivity index (χ3v) is 6.35. The normalized spacial score (nSPS) is 11.7. The summed E-state index contributed by atoms with van der Waals surface area (Å²) in [4.78, 5) is 12.4. The van der Waals surface area contributed by atoms with E-state index in [1.54, 1.807) is 0 Å². The van der Waals surface area contributed by atoms with Crippen LogP contribution in [-0.2, 0) is 0 Å². The number of nitrogens with two attached hydrogens (primary N) is 1. The van der Waals surface area contributed by atoms with Gasteiger partial charge in [-0.25, -0.2) is 0 Å². The highest BCUT2D eigenvalue weighted by atomic mass is 16.1. The third-order valence-electron chi connectivity index (χ3n) is 6.35. The minimum atomic E-state index is 0.272. The Morgan fingerprint density at radius 1 is 0.700 bits per heavy atom. The van der Waals surface area contributed by atoms with Gasteiger partial charge in [0.15, 0.2) is 5.78 Å². The van der Waals surface area contributed by atoms with E-state index in [4.69, 9.17) is 5.73 Å². The molecular formula is C27H49N2O+. The summed E-state index contributed by atoms with van der Waals surface area (Å²) in [6, 6.07) is 7.98. The maximum atomic E-state index is 12.4. The van der Waals surface area contributed by atoms with Gasteiger partial charge in [-0.3, -0.25) is 15.0 Å². The van der Waals surface area contributed by atoms with Gasteiger partial charge in [-0.15, -0.1) is 0 Å². The number of unbranched alkanes of at least 4 members (excludes halogenated alkanes) is 14. The molecule has 0 heterocycles. The van der Waals surface area contributed by atoms with Crippen LogP contribution in [0.2, 0.25) is 0 Å². The maximum absolute atomic E-state index is 12.4. The summed E-state index contributed by atoms with van der Waals surface area (Å²) >= 11 is 0. The van der Waals surface area contributed by atoms with Crippen molar-refractivity contribution in [1.29, 1.82) is 0 Å². The van der Waals surface area contributed by atoms with Gasteiger partial charge in [-0.2, -0.15) is 0 Å². The van der Waals surface area contributed by atoms with Crippen LogP contribution >= 0.6 is 0 Å². The first-order chi connectivity index (χ1) is 14.5. The number of quaternary nitrogens is 1. The molecule has 3 nitrogen and oxygen atoms in total. The molecule has 0 radical (unpaired) electrons. The Labute approximate surface area is 187 Å². The van der Waals surface area contributed by atoms with Gasteiger partial charge in [0.2, 0.25) is 0 Å². The zero-order chi connectivity index (χ0) is 22.1. The summed E-state index contributed by atoms with van der Waals surface area (Å²) in [6.45, 7) is 2.83. The average molecular weight is 418 g/mol. The summed E-state index contributed by atoms with van der Waals surface area (Å²) in [5, 5.41) is 0. The summed E-state index contributed by atoms with van der Waals surface area (Å²) in [7, 11) is 4.15. The van der Waals surface area contributed by atoms with Crippen molar-refractivity contribution in [2.24, 2.45) is 5.73 Å². The van der Waals surface area contributed by atoms with Gasteiger partial charge >= 0.3 is 0 Å². The second-order valence-electron chi connectivity index (χ2n) is 9.54. The van der Waals surface area contributed by atoms with E-state index in [-0.39, 0.29) is 5.78 Å². The molecule has 0 aliphatic carbocycles. The number of rotatable bonds is 19. The molecule has 0 spiro atoms. The van der Waals surface area contributed by atoms with E-state index < -0.39 is 0 Å². The first-order valence-corrected chi connectivity index (χ1v) is 12.7. The zero-order valence-corrected chi connectivity index (χ0v) is 20.3. The molecule has 1 aromatic carbocycles. The molecule has 0 saturated carbocycles. The van der Waals surface area contributed by atoms with Crippen molar-refractivity contribution >= 4 is 11.5 Å². The number of carbonyl (C=O) groups excluding carboxylic acids is 1. The lowest BCUT2D eigenvalue weighted by Crippen LogP contribution is -2.45. The fourth-order valence-electron chi connectivity index (χ4n) is 3.96. The molecule has 0 bridgehead atoms. The monoisotopic (exact) mass is 417 g/mol. The van der Waals surface area contributed by atoms with Crippen LogP contribution in [-0.4, -0.2) is 26.5 Å². The van der Waals surface area contributed by atoms with E-state index >= 15 is 0 Å². The maximum Gasteiger partial charge on any atom is 0.162 e. The van der Waals surface area contributed by atoms with E-state index in [9.17, 15) is 4.79 Å². The van der Waals surface area contributed by atoms with Crippen molar-refractivity contribution < 1.29 is 4.79 Å². The highest BCUT2D eigenvalue weighted by Crippen LogP contribution is 2.20. The Hall–Kier alpha value is -1.19. The fourth-order valence-corrected chi connectivity index (χ4v) is 3.96. The van der Waals surface area contributed by atoms with Gasteiger partial charge in [0.1, 0.15) is 12.4 Å². The van der Waals surface area contributed by atoms with Gasteiger partial charge in [0.25, 0.3) is 0 Å². The molecule has 2 N–H and O–H groups in total. The van der Waals surface area contributed by atoms with E-state index in [1.807, 2.05) is 24.3 Å². The Balaban J connectivity index is 1.97. The molecule has 0 unspecified atom stereocenters. The van der Waals surface area contributed by atoms with Crippen LogP contribution in [0.1, 0.15) is 120 Å². The van der Waals surface area contributed by atoms with E-state index in [0.29, 0.717) is 17.6 Å². The quantitative estimate of drug-likeness (QED) is 0.109. The molecular weight excluding hydrogens is 368 g/mol. The topological polar surface area (TPSA) is 43.1 Å². The van der Waals surface area contributed by atoms with Crippen LogP contribution in [0.15, 0.2) is 24.3 Å². The van der Waals surface area contributed by atoms with Crippen molar-refractivity contribution in [1.82, 2.24) is 4.48 Å². The molecule has 0 aromatic heterocycles. The molecule has 0 aliphatic heterocycles. The van der Waals surface area contributed by atoms with E-state index in [2.05, 4.69) is 21.0 Å². The lowest BCUT2D eigenvalue weighted by Gasteiger charge is -2.27. The lowest BCUT2D eigenvalue weighted by atomic mass is 10.0. The van der Waals surface area contributed by atoms with Crippen LogP contribution in [0.25, 0.3) is 0 Å². The molecule has 3 heteroatoms. The van der Waals surface area contributed by atoms with Gasteiger partial charge in [-0.1, -0.05) is 96.8 Å². The minimum Gasteiger partial charge on any atom is -0.294 e. The molecule has 1 rings (SSSR count). The van der Waals surface area contributed by atoms with Crippen LogP contribution in [0, 0.1) is 0 Å². The standard InChI is InChI=1S/C27H49N2O/c1-4-5-6-7-8-9-10-11-12-13-14-15-16-17-18-19-27(30)25-20-22-26(23-21-25)29(2,3)24-28/h20-23H,4-19,24,28H2,1-3H3/q+1. The zero-order valence-electron chi connectivity index (χ0n) is 20.3. The Kier molecular flexibility index (Phi) is 14.8. The highest BCUT2D eigenvalue weighted by Gasteiger charge is 2.16. The summed E-state index contributed by atoms with van der Waals surface area (Å²) in [5.41, 5.74) is 7.79. The van der Waals surface area contributed by atoms with Gasteiger partial charge in [-0.05, 0) is 30.7 Å². The average Bonchev–Trinajstić information content (AvgIpc) is 2.76. The number of ketones is 1. The van der Waals surface area contributed by atoms with Crippen LogP contribution in [0.5, 0.6) is 0 Å². The second-order valence-corrected chi connectivity index (χ2v) is 9.54. The lowest BCUT2D eigenvalue weighted by molar-refractivity contribution is 0.0979. The molecule has 30 heavy (non-hydrogen) atoms. The van der Waals surface area contributed by atoms with E-state index in [1.165, 1.54) is 89.9 Å². The SMILES string of the molecule is CCCCCCCCCCCCCCCCCC(=O)c1ccc([N+](C)(C)CN)cc1. The molecule has 0 atom stereocenters. The van der Waals surface area contributed by atoms with Crippen LogP contribution in [0.3, 0.4) is 0 Å². The summed E-state index contributed by atoms with van der Waals surface area (Å²) in [5.74, 6) is 0.272. The number of carbonyl (C=O) groups is 1. The van der Waals surface area contributed by atoms with Crippen molar-refractivity contribution in [3.63, 3.8) is 0 Å². The van der Waals surface area contributed by atoms with Crippen molar-refractivity contribution in [3.05, 3.63) is 29.8 Å². The second kappa shape index (κ2) is 16.5. The number of hydrogen-bond donors (Lipinski definition) is 1. The van der Waals surface area contributed by atoms with Gasteiger partial charge in [0, 0.05) is 12.0 Å². The molecule has 0 saturated heterocycles. The predicted molar refractivity (Wildman–Crippen MR) is 133 cm³/mol. The number of nitrogens with zero attached hydrogens (tertiary/aromatic N) is 1. The number of hydrogen-bond acceptors (Lipinski definition) is 2. The molecule has 0 fully saturated rings. The van der Waals surface area contributed by atoms with E-state index in [0.717, 1.165) is 17.7 Å². The van der Waals surface area contributed by atoms with Crippen LogP contribution < -0.4 is 10.2 Å². The minimum absolute atomic E-state index is 0.272. The Morgan fingerprint density at radius 3 is 1.50 bits per heavy atom. The predicted octanol–water partition coefficient (Wildman–Crippen LogP) is 7.61. The van der Waals surface area contributed by atoms with Crippen molar-refractivity contribution in [2.75, 3.05) is 20.8 Å². The first kappa shape index (κ1) is 26.8. The number of benzene rings is 1. The summed E-state index contributed by atoms with van der Waals surface area (Å²) in [6.07, 6.45) is 21.0. The largest absolute Gasteiger partial charge is 0.294 e. The van der Waals surface area contributed by atoms with Gasteiger partial charge in [0.05, 0.1) is 14.1 Å². The smallest absolute Gasteiger partial charge is 0.162 e. The number of Topliss-reactive ketones (excluding diaryl/α,β-unsaturated/α-hetero) is 1. The molecule has 0 aliphatic rings. The third kappa shape index (κ3) is 11.9. The van der Waals surface area contributed by atoms with Gasteiger partial charge < -0.3 is 0 Å².